The minimum Gasteiger partial charge on any atom is -0.437 e. The highest BCUT2D eigenvalue weighted by Crippen LogP contribution is 2.25. The zero-order valence-electron chi connectivity index (χ0n) is 9.88. The standard InChI is InChI=1S/C13H15NO2S/c1-9-10(2)16-13(14-9)17-8-12(15)11-6-4-3-5-7-11/h3-7,12,15H,8H2,1-2H3. The number of aliphatic hydroxyl groups excluding tert-OH is 1. The first-order valence-electron chi connectivity index (χ1n) is 5.46. The number of nitrogens with zero attached hydrogens (tertiary/aromatic N) is 1. The van der Waals surface area contributed by atoms with Crippen LogP contribution < -0.4 is 0 Å². The number of benzene rings is 1. The molecule has 1 unspecified atom stereocenters. The number of hydrogen-bond donors (Lipinski definition) is 1. The van der Waals surface area contributed by atoms with E-state index in [4.69, 9.17) is 4.42 Å². The molecule has 90 valence electrons. The highest BCUT2D eigenvalue weighted by molar-refractivity contribution is 7.99. The first-order valence-corrected chi connectivity index (χ1v) is 6.45. The third kappa shape index (κ3) is 3.11. The molecule has 0 radical (unpaired) electrons. The highest BCUT2D eigenvalue weighted by Gasteiger charge is 2.11. The number of hydrogen-bond acceptors (Lipinski definition) is 4. The quantitative estimate of drug-likeness (QED) is 0.846. The molecular formula is C13H15NO2S. The third-order valence-corrected chi connectivity index (χ3v) is 3.46. The number of aryl methyl sites for hydroxylation is 2. The van der Waals surface area contributed by atoms with Crippen LogP contribution in [0.3, 0.4) is 0 Å². The van der Waals surface area contributed by atoms with Crippen molar-refractivity contribution in [3.05, 3.63) is 47.3 Å². The molecule has 3 nitrogen and oxygen atoms in total. The minimum absolute atomic E-state index is 0.492. The average Bonchev–Trinajstić information content (AvgIpc) is 2.67. The fraction of sp³-hybridized carbons (Fsp3) is 0.308. The molecule has 17 heavy (non-hydrogen) atoms. The molecule has 0 saturated heterocycles. The lowest BCUT2D eigenvalue weighted by atomic mass is 10.1. The summed E-state index contributed by atoms with van der Waals surface area (Å²) in [6, 6.07) is 9.60. The molecule has 0 aliphatic heterocycles. The molecule has 2 rings (SSSR count). The summed E-state index contributed by atoms with van der Waals surface area (Å²) in [4.78, 5) is 4.26. The summed E-state index contributed by atoms with van der Waals surface area (Å²) in [5, 5.41) is 10.6. The number of oxazole rings is 1. The maximum atomic E-state index is 9.97. The van der Waals surface area contributed by atoms with E-state index in [0.717, 1.165) is 17.0 Å². The molecule has 0 spiro atoms. The van der Waals surface area contributed by atoms with E-state index in [1.54, 1.807) is 0 Å². The fourth-order valence-electron chi connectivity index (χ4n) is 1.43. The van der Waals surface area contributed by atoms with Crippen LogP contribution in [0.2, 0.25) is 0 Å². The second kappa shape index (κ2) is 5.38. The first-order chi connectivity index (χ1) is 8.16. The van der Waals surface area contributed by atoms with Gasteiger partial charge in [-0.25, -0.2) is 4.98 Å². The predicted molar refractivity (Wildman–Crippen MR) is 68.1 cm³/mol. The Balaban J connectivity index is 1.94. The van der Waals surface area contributed by atoms with Crippen LogP contribution in [0.15, 0.2) is 40.0 Å². The van der Waals surface area contributed by atoms with Gasteiger partial charge in [-0.1, -0.05) is 42.1 Å². The summed E-state index contributed by atoms with van der Waals surface area (Å²) in [6.45, 7) is 3.80. The Hall–Kier alpha value is -1.26. The van der Waals surface area contributed by atoms with Gasteiger partial charge in [-0.3, -0.25) is 0 Å². The van der Waals surface area contributed by atoms with Gasteiger partial charge < -0.3 is 9.52 Å². The maximum Gasteiger partial charge on any atom is 0.256 e. The molecule has 1 heterocycles. The lowest BCUT2D eigenvalue weighted by Gasteiger charge is -2.08. The largest absolute Gasteiger partial charge is 0.437 e. The van der Waals surface area contributed by atoms with Crippen LogP contribution in [0, 0.1) is 13.8 Å². The van der Waals surface area contributed by atoms with Crippen LogP contribution in [0.1, 0.15) is 23.1 Å². The van der Waals surface area contributed by atoms with E-state index in [9.17, 15) is 5.11 Å². The number of aliphatic hydroxyl groups is 1. The number of thioether (sulfide) groups is 1. The number of aromatic nitrogens is 1. The van der Waals surface area contributed by atoms with Crippen molar-refractivity contribution in [2.45, 2.75) is 25.2 Å². The SMILES string of the molecule is Cc1nc(SCC(O)c2ccccc2)oc1C. The van der Waals surface area contributed by atoms with E-state index in [-0.39, 0.29) is 0 Å². The zero-order valence-corrected chi connectivity index (χ0v) is 10.7. The molecule has 1 N–H and O–H groups in total. The van der Waals surface area contributed by atoms with Crippen molar-refractivity contribution in [1.82, 2.24) is 4.98 Å². The van der Waals surface area contributed by atoms with Crippen molar-refractivity contribution in [2.24, 2.45) is 0 Å². The number of rotatable bonds is 4. The van der Waals surface area contributed by atoms with E-state index in [1.165, 1.54) is 11.8 Å². The van der Waals surface area contributed by atoms with Gasteiger partial charge in [0.1, 0.15) is 5.76 Å². The smallest absolute Gasteiger partial charge is 0.256 e. The fourth-order valence-corrected chi connectivity index (χ4v) is 2.30. The van der Waals surface area contributed by atoms with Crippen LogP contribution in [-0.4, -0.2) is 15.8 Å². The summed E-state index contributed by atoms with van der Waals surface area (Å²) in [5.41, 5.74) is 1.82. The Morgan fingerprint density at radius 1 is 1.29 bits per heavy atom. The van der Waals surface area contributed by atoms with Crippen LogP contribution in [0.5, 0.6) is 0 Å². The Bertz CT molecular complexity index is 462. The molecule has 0 bridgehead atoms. The topological polar surface area (TPSA) is 46.3 Å². The molecule has 0 saturated carbocycles. The van der Waals surface area contributed by atoms with Gasteiger partial charge in [0, 0.05) is 5.75 Å². The summed E-state index contributed by atoms with van der Waals surface area (Å²) in [7, 11) is 0. The zero-order chi connectivity index (χ0) is 12.3. The molecule has 1 aromatic heterocycles. The van der Waals surface area contributed by atoms with Gasteiger partial charge in [0.25, 0.3) is 5.22 Å². The average molecular weight is 249 g/mol. The van der Waals surface area contributed by atoms with Gasteiger partial charge in [0.2, 0.25) is 0 Å². The molecule has 1 aromatic carbocycles. The molecule has 4 heteroatoms. The molecular weight excluding hydrogens is 234 g/mol. The van der Waals surface area contributed by atoms with E-state index >= 15 is 0 Å². The van der Waals surface area contributed by atoms with Gasteiger partial charge in [0.05, 0.1) is 11.8 Å². The van der Waals surface area contributed by atoms with Crippen molar-refractivity contribution in [1.29, 1.82) is 0 Å². The first kappa shape index (κ1) is 12.2. The summed E-state index contributed by atoms with van der Waals surface area (Å²) < 4.78 is 5.44. The maximum absolute atomic E-state index is 9.97. The molecule has 0 aliphatic rings. The van der Waals surface area contributed by atoms with Crippen LogP contribution in [-0.2, 0) is 0 Å². The van der Waals surface area contributed by atoms with E-state index in [2.05, 4.69) is 4.98 Å². The van der Waals surface area contributed by atoms with Crippen LogP contribution >= 0.6 is 11.8 Å². The van der Waals surface area contributed by atoms with Crippen molar-refractivity contribution < 1.29 is 9.52 Å². The monoisotopic (exact) mass is 249 g/mol. The normalized spacial score (nSPS) is 12.6. The van der Waals surface area contributed by atoms with Crippen molar-refractivity contribution in [3.8, 4) is 0 Å². The molecule has 0 amide bonds. The Morgan fingerprint density at radius 3 is 2.59 bits per heavy atom. The molecule has 2 aromatic rings. The van der Waals surface area contributed by atoms with E-state index in [0.29, 0.717) is 11.0 Å². The summed E-state index contributed by atoms with van der Waals surface area (Å²) in [5.74, 6) is 1.38. The van der Waals surface area contributed by atoms with Crippen molar-refractivity contribution >= 4 is 11.8 Å². The van der Waals surface area contributed by atoms with Gasteiger partial charge in [-0.05, 0) is 19.4 Å². The van der Waals surface area contributed by atoms with Crippen LogP contribution in [0.4, 0.5) is 0 Å². The van der Waals surface area contributed by atoms with Gasteiger partial charge in [0.15, 0.2) is 0 Å². The summed E-state index contributed by atoms with van der Waals surface area (Å²) >= 11 is 1.43. The Kier molecular flexibility index (Phi) is 3.86. The lowest BCUT2D eigenvalue weighted by Crippen LogP contribution is -1.99. The Labute approximate surface area is 105 Å². The summed E-state index contributed by atoms with van der Waals surface area (Å²) in [6.07, 6.45) is -0.492. The third-order valence-electron chi connectivity index (χ3n) is 2.56. The minimum atomic E-state index is -0.492. The molecule has 0 aliphatic carbocycles. The van der Waals surface area contributed by atoms with Crippen molar-refractivity contribution in [3.63, 3.8) is 0 Å². The van der Waals surface area contributed by atoms with Crippen LogP contribution in [0.25, 0.3) is 0 Å². The second-order valence-electron chi connectivity index (χ2n) is 3.86. The molecule has 0 fully saturated rings. The van der Waals surface area contributed by atoms with Crippen molar-refractivity contribution in [2.75, 3.05) is 5.75 Å². The second-order valence-corrected chi connectivity index (χ2v) is 4.83. The van der Waals surface area contributed by atoms with Gasteiger partial charge in [-0.15, -0.1) is 0 Å². The molecule has 1 atom stereocenters. The van der Waals surface area contributed by atoms with Gasteiger partial charge >= 0.3 is 0 Å². The Morgan fingerprint density at radius 2 is 2.00 bits per heavy atom. The highest BCUT2D eigenvalue weighted by atomic mass is 32.2. The van der Waals surface area contributed by atoms with E-state index < -0.39 is 6.10 Å². The van der Waals surface area contributed by atoms with E-state index in [1.807, 2.05) is 44.2 Å². The van der Waals surface area contributed by atoms with Gasteiger partial charge in [-0.2, -0.15) is 0 Å². The predicted octanol–water partition coefficient (Wildman–Crippen LogP) is 3.12. The lowest BCUT2D eigenvalue weighted by molar-refractivity contribution is 0.203.